The average Bonchev–Trinajstić information content (AvgIpc) is 2.75. The summed E-state index contributed by atoms with van der Waals surface area (Å²) in [5.41, 5.74) is 8.78. The number of benzene rings is 1. The number of nitrogens with zero attached hydrogens (tertiary/aromatic N) is 1. The molecule has 0 aliphatic heterocycles. The minimum absolute atomic E-state index is 0. The van der Waals surface area contributed by atoms with Crippen molar-refractivity contribution in [3.8, 4) is 5.69 Å². The van der Waals surface area contributed by atoms with Crippen LogP contribution in [0.15, 0.2) is 30.3 Å². The van der Waals surface area contributed by atoms with Crippen molar-refractivity contribution < 1.29 is 4.79 Å². The van der Waals surface area contributed by atoms with Gasteiger partial charge >= 0.3 is 0 Å². The lowest BCUT2D eigenvalue weighted by Crippen LogP contribution is -2.48. The van der Waals surface area contributed by atoms with Gasteiger partial charge in [-0.25, -0.2) is 0 Å². The zero-order valence-corrected chi connectivity index (χ0v) is 15.4. The van der Waals surface area contributed by atoms with Crippen molar-refractivity contribution in [2.75, 3.05) is 6.54 Å². The van der Waals surface area contributed by atoms with Crippen LogP contribution in [0.25, 0.3) is 5.69 Å². The molecular weight excluding hydrogens is 333 g/mol. The molecule has 3 N–H and O–H groups in total. The number of nitrogens with one attached hydrogen (secondary N) is 1. The maximum absolute atomic E-state index is 12.5. The summed E-state index contributed by atoms with van der Waals surface area (Å²) in [7, 11) is 0. The molecule has 0 radical (unpaired) electrons. The molecule has 0 spiro atoms. The molecule has 0 fully saturated rings. The van der Waals surface area contributed by atoms with Gasteiger partial charge in [0.1, 0.15) is 0 Å². The van der Waals surface area contributed by atoms with Gasteiger partial charge in [0.25, 0.3) is 5.91 Å². The molecule has 0 atom stereocenters. The number of rotatable bonds is 4. The van der Waals surface area contributed by atoms with Crippen molar-refractivity contribution in [3.05, 3.63) is 52.3 Å². The number of amides is 1. The van der Waals surface area contributed by atoms with Crippen molar-refractivity contribution >= 4 is 29.9 Å². The molecular formula is C17H23Cl2N3O. The number of aromatic nitrogens is 1. The Balaban J connectivity index is 0.00000264. The summed E-state index contributed by atoms with van der Waals surface area (Å²) in [6, 6.07) is 9.45. The first kappa shape index (κ1) is 19.6. The Morgan fingerprint density at radius 2 is 1.83 bits per heavy atom. The lowest BCUT2D eigenvalue weighted by atomic mass is 10.1. The second-order valence-electron chi connectivity index (χ2n) is 6.14. The minimum atomic E-state index is -0.431. The van der Waals surface area contributed by atoms with E-state index in [9.17, 15) is 4.79 Å². The van der Waals surface area contributed by atoms with E-state index in [1.807, 2.05) is 62.6 Å². The minimum Gasteiger partial charge on any atom is -0.346 e. The van der Waals surface area contributed by atoms with Crippen molar-refractivity contribution in [2.45, 2.75) is 33.2 Å². The van der Waals surface area contributed by atoms with Gasteiger partial charge in [0, 0.05) is 34.2 Å². The first-order valence-corrected chi connectivity index (χ1v) is 7.60. The molecule has 126 valence electrons. The van der Waals surface area contributed by atoms with E-state index in [1.165, 1.54) is 0 Å². The predicted octanol–water partition coefficient (Wildman–Crippen LogP) is 3.64. The monoisotopic (exact) mass is 355 g/mol. The van der Waals surface area contributed by atoms with Crippen molar-refractivity contribution in [1.82, 2.24) is 9.88 Å². The molecule has 1 heterocycles. The fraction of sp³-hybridized carbons (Fsp3) is 0.353. The fourth-order valence-electron chi connectivity index (χ4n) is 2.41. The normalized spacial score (nSPS) is 11.0. The maximum Gasteiger partial charge on any atom is 0.253 e. The van der Waals surface area contributed by atoms with E-state index in [2.05, 4.69) is 5.32 Å². The molecule has 0 aliphatic carbocycles. The molecule has 4 nitrogen and oxygen atoms in total. The molecule has 1 amide bonds. The van der Waals surface area contributed by atoms with Crippen LogP contribution in [0.3, 0.4) is 0 Å². The number of nitrogens with two attached hydrogens (primary N) is 1. The van der Waals surface area contributed by atoms with Crippen LogP contribution in [0.5, 0.6) is 0 Å². The van der Waals surface area contributed by atoms with Crippen LogP contribution in [-0.4, -0.2) is 22.6 Å². The molecule has 0 saturated carbocycles. The van der Waals surface area contributed by atoms with Gasteiger partial charge in [-0.15, -0.1) is 12.4 Å². The summed E-state index contributed by atoms with van der Waals surface area (Å²) < 4.78 is 2.04. The second kappa shape index (κ2) is 7.39. The topological polar surface area (TPSA) is 60.1 Å². The van der Waals surface area contributed by atoms with Crippen molar-refractivity contribution in [1.29, 1.82) is 0 Å². The molecule has 2 rings (SSSR count). The number of carbonyl (C=O) groups excluding carboxylic acids is 1. The molecule has 1 aromatic heterocycles. The van der Waals surface area contributed by atoms with Gasteiger partial charge in [-0.1, -0.05) is 11.6 Å². The third kappa shape index (κ3) is 4.28. The first-order valence-electron chi connectivity index (χ1n) is 7.22. The van der Waals surface area contributed by atoms with Gasteiger partial charge in [-0.3, -0.25) is 4.79 Å². The molecule has 0 saturated heterocycles. The zero-order valence-electron chi connectivity index (χ0n) is 13.8. The zero-order chi connectivity index (χ0) is 16.5. The molecule has 1 aromatic carbocycles. The van der Waals surface area contributed by atoms with Crippen LogP contribution in [-0.2, 0) is 0 Å². The van der Waals surface area contributed by atoms with E-state index in [0.29, 0.717) is 17.1 Å². The summed E-state index contributed by atoms with van der Waals surface area (Å²) in [4.78, 5) is 12.5. The van der Waals surface area contributed by atoms with E-state index in [1.54, 1.807) is 0 Å². The smallest absolute Gasteiger partial charge is 0.253 e. The van der Waals surface area contributed by atoms with Gasteiger partial charge in [0.2, 0.25) is 0 Å². The van der Waals surface area contributed by atoms with E-state index in [4.69, 9.17) is 17.3 Å². The molecule has 23 heavy (non-hydrogen) atoms. The molecule has 0 bridgehead atoms. The Morgan fingerprint density at radius 1 is 1.26 bits per heavy atom. The summed E-state index contributed by atoms with van der Waals surface area (Å²) in [5, 5.41) is 3.65. The van der Waals surface area contributed by atoms with Gasteiger partial charge < -0.3 is 15.6 Å². The number of hydrogen-bond donors (Lipinski definition) is 2. The van der Waals surface area contributed by atoms with Crippen LogP contribution in [0, 0.1) is 13.8 Å². The quantitative estimate of drug-likeness (QED) is 0.879. The lowest BCUT2D eigenvalue weighted by molar-refractivity contribution is 0.0915. The Bertz CT molecular complexity index is 691. The van der Waals surface area contributed by atoms with E-state index in [-0.39, 0.29) is 18.3 Å². The number of halogens is 2. The molecule has 2 aromatic rings. The van der Waals surface area contributed by atoms with Crippen LogP contribution < -0.4 is 11.1 Å². The van der Waals surface area contributed by atoms with Crippen LogP contribution >= 0.6 is 24.0 Å². The van der Waals surface area contributed by atoms with Crippen molar-refractivity contribution in [2.24, 2.45) is 5.73 Å². The largest absolute Gasteiger partial charge is 0.346 e. The summed E-state index contributed by atoms with van der Waals surface area (Å²) in [5.74, 6) is -0.108. The standard InChI is InChI=1S/C17H22ClN3O.ClH/c1-11-9-15(16(22)20-17(3,4)10-19)12(2)21(11)14-7-5-13(18)6-8-14;/h5-9H,10,19H2,1-4H3,(H,20,22);1H. The van der Waals surface area contributed by atoms with E-state index in [0.717, 1.165) is 17.1 Å². The highest BCUT2D eigenvalue weighted by atomic mass is 35.5. The molecule has 0 aliphatic rings. The lowest BCUT2D eigenvalue weighted by Gasteiger charge is -2.24. The maximum atomic E-state index is 12.5. The van der Waals surface area contributed by atoms with Gasteiger partial charge in [-0.05, 0) is 58.0 Å². The Hall–Kier alpha value is -1.49. The van der Waals surface area contributed by atoms with Crippen LogP contribution in [0.2, 0.25) is 5.02 Å². The van der Waals surface area contributed by atoms with Crippen LogP contribution in [0.4, 0.5) is 0 Å². The first-order chi connectivity index (χ1) is 10.2. The average molecular weight is 356 g/mol. The molecule has 6 heteroatoms. The second-order valence-corrected chi connectivity index (χ2v) is 6.58. The number of aryl methyl sites for hydroxylation is 1. The number of carbonyl (C=O) groups is 1. The van der Waals surface area contributed by atoms with Crippen molar-refractivity contribution in [3.63, 3.8) is 0 Å². The summed E-state index contributed by atoms with van der Waals surface area (Å²) >= 11 is 5.94. The SMILES string of the molecule is Cc1cc(C(=O)NC(C)(C)CN)c(C)n1-c1ccc(Cl)cc1.Cl. The predicted molar refractivity (Wildman–Crippen MR) is 98.1 cm³/mol. The number of hydrogen-bond acceptors (Lipinski definition) is 2. The fourth-order valence-corrected chi connectivity index (χ4v) is 2.53. The van der Waals surface area contributed by atoms with E-state index >= 15 is 0 Å². The van der Waals surface area contributed by atoms with E-state index < -0.39 is 5.54 Å². The highest BCUT2D eigenvalue weighted by molar-refractivity contribution is 6.30. The highest BCUT2D eigenvalue weighted by Crippen LogP contribution is 2.22. The summed E-state index contributed by atoms with van der Waals surface area (Å²) in [6.07, 6.45) is 0. The van der Waals surface area contributed by atoms with Crippen LogP contribution in [0.1, 0.15) is 35.6 Å². The Kier molecular flexibility index (Phi) is 6.28. The van der Waals surface area contributed by atoms with Gasteiger partial charge in [-0.2, -0.15) is 0 Å². The Morgan fingerprint density at radius 3 is 2.35 bits per heavy atom. The molecule has 0 unspecified atom stereocenters. The highest BCUT2D eigenvalue weighted by Gasteiger charge is 2.22. The van der Waals surface area contributed by atoms with Gasteiger partial charge in [0.05, 0.1) is 5.56 Å². The Labute approximate surface area is 148 Å². The third-order valence-electron chi connectivity index (χ3n) is 3.72. The van der Waals surface area contributed by atoms with Gasteiger partial charge in [0.15, 0.2) is 0 Å². The summed E-state index contributed by atoms with van der Waals surface area (Å²) in [6.45, 7) is 8.11. The third-order valence-corrected chi connectivity index (χ3v) is 3.97.